The largest absolute Gasteiger partial charge is 0.506 e. The number of nitrogens with zero attached hydrogens (tertiary/aromatic N) is 2. The molecule has 1 aliphatic rings. The molecule has 0 saturated carbocycles. The number of aromatic hydroxyl groups is 1. The zero-order valence-corrected chi connectivity index (χ0v) is 23.6. The number of phenolic OH excluding ortho intramolecular Hbond substituents is 1. The minimum absolute atomic E-state index is 0.216. The molecule has 0 spiro atoms. The van der Waals surface area contributed by atoms with Gasteiger partial charge in [-0.25, -0.2) is 9.79 Å². The summed E-state index contributed by atoms with van der Waals surface area (Å²) in [5.41, 5.74) is 2.14. The fourth-order valence-electron chi connectivity index (χ4n) is 3.71. The van der Waals surface area contributed by atoms with Gasteiger partial charge in [0.2, 0.25) is 0 Å². The molecular formula is C24H20I2N2O5S. The number of fused-ring (bicyclic) bond motifs is 1. The molecule has 0 saturated heterocycles. The van der Waals surface area contributed by atoms with Crippen LogP contribution >= 0.6 is 56.5 Å². The van der Waals surface area contributed by atoms with Gasteiger partial charge in [0.25, 0.3) is 5.56 Å². The fraction of sp³-hybridized carbons (Fsp3) is 0.208. The number of allylic oxidation sites excluding steroid dienone is 1. The van der Waals surface area contributed by atoms with Gasteiger partial charge in [-0.15, -0.1) is 0 Å². The number of esters is 1. The lowest BCUT2D eigenvalue weighted by molar-refractivity contribution is -0.139. The molecule has 34 heavy (non-hydrogen) atoms. The molecule has 10 heteroatoms. The quantitative estimate of drug-likeness (QED) is 0.324. The highest BCUT2D eigenvalue weighted by atomic mass is 127. The van der Waals surface area contributed by atoms with E-state index in [1.807, 2.05) is 24.3 Å². The maximum absolute atomic E-state index is 13.6. The van der Waals surface area contributed by atoms with Crippen molar-refractivity contribution in [3.63, 3.8) is 0 Å². The van der Waals surface area contributed by atoms with Crippen LogP contribution in [0.2, 0.25) is 0 Å². The molecule has 0 aliphatic carbocycles. The molecule has 7 nitrogen and oxygen atoms in total. The zero-order valence-electron chi connectivity index (χ0n) is 18.5. The normalized spacial score (nSPS) is 15.7. The third-order valence-corrected chi connectivity index (χ3v) is 7.91. The number of carbonyl (C=O) groups is 1. The van der Waals surface area contributed by atoms with Gasteiger partial charge in [-0.3, -0.25) is 9.36 Å². The van der Waals surface area contributed by atoms with Crippen molar-refractivity contribution in [3.05, 3.63) is 85.6 Å². The van der Waals surface area contributed by atoms with Crippen molar-refractivity contribution in [2.75, 3.05) is 13.7 Å². The summed E-state index contributed by atoms with van der Waals surface area (Å²) >= 11 is 5.38. The third kappa shape index (κ3) is 4.67. The molecule has 0 bridgehead atoms. The first-order valence-electron chi connectivity index (χ1n) is 10.3. The van der Waals surface area contributed by atoms with Crippen LogP contribution < -0.4 is 19.6 Å². The Balaban J connectivity index is 1.95. The second-order valence-electron chi connectivity index (χ2n) is 7.41. The van der Waals surface area contributed by atoms with Crippen LogP contribution in [-0.2, 0) is 9.53 Å². The first-order chi connectivity index (χ1) is 16.2. The van der Waals surface area contributed by atoms with E-state index in [0.29, 0.717) is 33.5 Å². The summed E-state index contributed by atoms with van der Waals surface area (Å²) in [6.07, 6.45) is 1.78. The number of hydrogen-bond acceptors (Lipinski definition) is 7. The number of halogens is 2. The maximum Gasteiger partial charge on any atom is 0.338 e. The van der Waals surface area contributed by atoms with Crippen molar-refractivity contribution in [2.45, 2.75) is 19.9 Å². The Morgan fingerprint density at radius 2 is 1.88 bits per heavy atom. The highest BCUT2D eigenvalue weighted by molar-refractivity contribution is 14.1. The molecule has 3 aromatic rings. The predicted octanol–water partition coefficient (Wildman–Crippen LogP) is 3.72. The van der Waals surface area contributed by atoms with E-state index in [-0.39, 0.29) is 17.9 Å². The SMILES string of the molecule is CCOC(=O)C1=C(C)N=c2s/c(=C\c3cc(I)c(O)c(I)c3)c(=O)n2[C@H]1c1ccc(OC)cc1. The molecule has 1 atom stereocenters. The standard InChI is InChI=1S/C24H20I2N2O5S/c1-4-33-23(31)19-12(2)27-24-28(20(19)14-5-7-15(32-3)8-6-14)22(30)18(34-24)11-13-9-16(25)21(29)17(26)10-13/h5-11,20,29H,4H2,1-3H3/b18-11-/t20-/m0/s1. The van der Waals surface area contributed by atoms with Gasteiger partial charge in [0.1, 0.15) is 11.5 Å². The molecule has 176 valence electrons. The van der Waals surface area contributed by atoms with Crippen LogP contribution in [0.4, 0.5) is 0 Å². The maximum atomic E-state index is 13.6. The average molecular weight is 702 g/mol. The van der Waals surface area contributed by atoms with E-state index in [4.69, 9.17) is 9.47 Å². The van der Waals surface area contributed by atoms with Crippen molar-refractivity contribution in [2.24, 2.45) is 4.99 Å². The van der Waals surface area contributed by atoms with Gasteiger partial charge in [0, 0.05) is 0 Å². The summed E-state index contributed by atoms with van der Waals surface area (Å²) < 4.78 is 14.0. The molecule has 0 amide bonds. The van der Waals surface area contributed by atoms with Gasteiger partial charge in [0.15, 0.2) is 4.80 Å². The Morgan fingerprint density at radius 1 is 1.24 bits per heavy atom. The molecule has 4 rings (SSSR count). The third-order valence-electron chi connectivity index (χ3n) is 5.29. The zero-order chi connectivity index (χ0) is 24.6. The summed E-state index contributed by atoms with van der Waals surface area (Å²) in [4.78, 5) is 31.6. The number of phenols is 1. The Bertz CT molecular complexity index is 1470. The number of methoxy groups -OCH3 is 1. The Labute approximate surface area is 226 Å². The number of rotatable bonds is 5. The number of ether oxygens (including phenoxy) is 2. The van der Waals surface area contributed by atoms with Crippen molar-refractivity contribution >= 4 is 68.6 Å². The number of benzene rings is 2. The lowest BCUT2D eigenvalue weighted by atomic mass is 9.96. The number of aromatic nitrogens is 1. The van der Waals surface area contributed by atoms with Gasteiger partial charge in [-0.2, -0.15) is 0 Å². The molecule has 0 radical (unpaired) electrons. The van der Waals surface area contributed by atoms with Crippen LogP contribution in [0.3, 0.4) is 0 Å². The van der Waals surface area contributed by atoms with Crippen LogP contribution in [0.1, 0.15) is 31.0 Å². The second-order valence-corrected chi connectivity index (χ2v) is 10.7. The Hall–Kier alpha value is -2.19. The Morgan fingerprint density at radius 3 is 2.47 bits per heavy atom. The molecule has 0 unspecified atom stereocenters. The summed E-state index contributed by atoms with van der Waals surface area (Å²) in [6.45, 7) is 3.71. The summed E-state index contributed by atoms with van der Waals surface area (Å²) in [5.74, 6) is 0.390. The second kappa shape index (κ2) is 10.2. The van der Waals surface area contributed by atoms with E-state index in [1.165, 1.54) is 11.3 Å². The summed E-state index contributed by atoms with van der Waals surface area (Å²) in [6, 6.07) is 10.2. The number of hydrogen-bond donors (Lipinski definition) is 1. The molecule has 1 aliphatic heterocycles. The molecular weight excluding hydrogens is 682 g/mol. The van der Waals surface area contributed by atoms with Gasteiger partial charge >= 0.3 is 5.97 Å². The van der Waals surface area contributed by atoms with Gasteiger partial charge in [-0.05, 0) is 100 Å². The van der Waals surface area contributed by atoms with Crippen molar-refractivity contribution in [3.8, 4) is 11.5 Å². The van der Waals surface area contributed by atoms with Crippen molar-refractivity contribution in [1.29, 1.82) is 0 Å². The topological polar surface area (TPSA) is 90.1 Å². The van der Waals surface area contributed by atoms with Crippen LogP contribution in [0, 0.1) is 7.14 Å². The minimum Gasteiger partial charge on any atom is -0.506 e. The van der Waals surface area contributed by atoms with Gasteiger partial charge < -0.3 is 14.6 Å². The predicted molar refractivity (Wildman–Crippen MR) is 147 cm³/mol. The first kappa shape index (κ1) is 24.9. The van der Waals surface area contributed by atoms with Crippen LogP contribution in [0.25, 0.3) is 6.08 Å². The van der Waals surface area contributed by atoms with E-state index < -0.39 is 12.0 Å². The van der Waals surface area contributed by atoms with Crippen molar-refractivity contribution < 1.29 is 19.4 Å². The van der Waals surface area contributed by atoms with Gasteiger partial charge in [0.05, 0.1) is 42.7 Å². The van der Waals surface area contributed by atoms with Crippen molar-refractivity contribution in [1.82, 2.24) is 4.57 Å². The fourth-order valence-corrected chi connectivity index (χ4v) is 6.58. The first-order valence-corrected chi connectivity index (χ1v) is 13.2. The lowest BCUT2D eigenvalue weighted by Crippen LogP contribution is -2.39. The van der Waals surface area contributed by atoms with E-state index >= 15 is 0 Å². The van der Waals surface area contributed by atoms with Crippen LogP contribution in [0.5, 0.6) is 11.5 Å². The number of carbonyl (C=O) groups excluding carboxylic acids is 1. The minimum atomic E-state index is -0.677. The van der Waals surface area contributed by atoms with E-state index in [1.54, 1.807) is 43.7 Å². The molecule has 0 fully saturated rings. The van der Waals surface area contributed by atoms with Crippen LogP contribution in [-0.4, -0.2) is 29.4 Å². The monoisotopic (exact) mass is 702 g/mol. The smallest absolute Gasteiger partial charge is 0.338 e. The molecule has 2 aromatic carbocycles. The molecule has 2 heterocycles. The van der Waals surface area contributed by atoms with E-state index in [2.05, 4.69) is 50.2 Å². The molecule has 1 aromatic heterocycles. The van der Waals surface area contributed by atoms with E-state index in [9.17, 15) is 14.7 Å². The summed E-state index contributed by atoms with van der Waals surface area (Å²) in [5, 5.41) is 10.1. The highest BCUT2D eigenvalue weighted by Gasteiger charge is 2.33. The average Bonchev–Trinajstić information content (AvgIpc) is 3.11. The highest BCUT2D eigenvalue weighted by Crippen LogP contribution is 2.32. The van der Waals surface area contributed by atoms with Crippen LogP contribution in [0.15, 0.2) is 57.5 Å². The van der Waals surface area contributed by atoms with E-state index in [0.717, 1.165) is 11.1 Å². The Kier molecular flexibility index (Phi) is 7.48. The summed E-state index contributed by atoms with van der Waals surface area (Å²) in [7, 11) is 1.58. The molecule has 1 N–H and O–H groups in total. The lowest BCUT2D eigenvalue weighted by Gasteiger charge is -2.24. The van der Waals surface area contributed by atoms with Gasteiger partial charge in [-0.1, -0.05) is 23.5 Å². The number of thiazole rings is 1.